The van der Waals surface area contributed by atoms with Crippen molar-refractivity contribution >= 4 is 0 Å². The Morgan fingerprint density at radius 3 is 3.00 bits per heavy atom. The van der Waals surface area contributed by atoms with Gasteiger partial charge in [0.05, 0.1) is 11.8 Å². The van der Waals surface area contributed by atoms with Gasteiger partial charge >= 0.3 is 0 Å². The third kappa shape index (κ3) is 3.01. The SMILES string of the molecule is OCCCn1cc(CNC2CC(O)C2)nn1. The first-order valence-electron chi connectivity index (χ1n) is 5.69. The molecule has 0 aliphatic heterocycles. The number of nitrogens with one attached hydrogen (secondary N) is 1. The van der Waals surface area contributed by atoms with Crippen LogP contribution < -0.4 is 5.32 Å². The van der Waals surface area contributed by atoms with Crippen LogP contribution in [0.2, 0.25) is 0 Å². The molecule has 0 spiro atoms. The fraction of sp³-hybridized carbons (Fsp3) is 0.800. The summed E-state index contributed by atoms with van der Waals surface area (Å²) in [6.07, 6.45) is 4.12. The minimum absolute atomic E-state index is 0.127. The van der Waals surface area contributed by atoms with Gasteiger partial charge in [0.1, 0.15) is 0 Å². The Balaban J connectivity index is 1.70. The van der Waals surface area contributed by atoms with E-state index in [0.29, 0.717) is 25.6 Å². The second kappa shape index (κ2) is 5.38. The summed E-state index contributed by atoms with van der Waals surface area (Å²) in [7, 11) is 0. The first kappa shape index (κ1) is 11.5. The quantitative estimate of drug-likeness (QED) is 0.596. The molecule has 0 saturated heterocycles. The van der Waals surface area contributed by atoms with Crippen molar-refractivity contribution in [2.75, 3.05) is 6.61 Å². The lowest BCUT2D eigenvalue weighted by molar-refractivity contribution is 0.0618. The van der Waals surface area contributed by atoms with Crippen molar-refractivity contribution in [3.63, 3.8) is 0 Å². The molecule has 1 aliphatic carbocycles. The lowest BCUT2D eigenvalue weighted by Gasteiger charge is -2.31. The number of aliphatic hydroxyl groups is 2. The van der Waals surface area contributed by atoms with Crippen LogP contribution in [0.5, 0.6) is 0 Å². The van der Waals surface area contributed by atoms with Crippen LogP contribution in [0.15, 0.2) is 6.20 Å². The van der Waals surface area contributed by atoms with Crippen molar-refractivity contribution in [2.45, 2.75) is 44.5 Å². The van der Waals surface area contributed by atoms with E-state index in [1.807, 2.05) is 6.20 Å². The first-order chi connectivity index (χ1) is 7.78. The molecule has 6 nitrogen and oxygen atoms in total. The van der Waals surface area contributed by atoms with Crippen LogP contribution in [0, 0.1) is 0 Å². The van der Waals surface area contributed by atoms with Crippen LogP contribution in [-0.4, -0.2) is 44.0 Å². The molecular formula is C10H18N4O2. The molecule has 0 atom stereocenters. The zero-order chi connectivity index (χ0) is 11.4. The molecule has 6 heteroatoms. The van der Waals surface area contributed by atoms with E-state index in [-0.39, 0.29) is 12.7 Å². The molecular weight excluding hydrogens is 208 g/mol. The van der Waals surface area contributed by atoms with Gasteiger partial charge in [0.15, 0.2) is 0 Å². The molecule has 1 fully saturated rings. The van der Waals surface area contributed by atoms with Crippen molar-refractivity contribution in [1.29, 1.82) is 0 Å². The Morgan fingerprint density at radius 1 is 1.50 bits per heavy atom. The zero-order valence-electron chi connectivity index (χ0n) is 9.21. The van der Waals surface area contributed by atoms with Crippen LogP contribution in [0.25, 0.3) is 0 Å². The molecule has 1 heterocycles. The number of aliphatic hydroxyl groups excluding tert-OH is 2. The van der Waals surface area contributed by atoms with Crippen molar-refractivity contribution < 1.29 is 10.2 Å². The predicted molar refractivity (Wildman–Crippen MR) is 57.6 cm³/mol. The van der Waals surface area contributed by atoms with Gasteiger partial charge in [0.2, 0.25) is 0 Å². The molecule has 1 aliphatic rings. The van der Waals surface area contributed by atoms with Gasteiger partial charge in [-0.25, -0.2) is 0 Å². The maximum absolute atomic E-state index is 9.12. The van der Waals surface area contributed by atoms with E-state index >= 15 is 0 Å². The topological polar surface area (TPSA) is 83.2 Å². The molecule has 3 N–H and O–H groups in total. The maximum atomic E-state index is 9.12. The Bertz CT molecular complexity index is 322. The van der Waals surface area contributed by atoms with Gasteiger partial charge in [-0.1, -0.05) is 5.21 Å². The van der Waals surface area contributed by atoms with Crippen molar-refractivity contribution in [2.24, 2.45) is 0 Å². The molecule has 0 aromatic carbocycles. The summed E-state index contributed by atoms with van der Waals surface area (Å²) >= 11 is 0. The third-order valence-electron chi connectivity index (χ3n) is 2.82. The van der Waals surface area contributed by atoms with Gasteiger partial charge in [0.25, 0.3) is 0 Å². The van der Waals surface area contributed by atoms with E-state index < -0.39 is 0 Å². The highest BCUT2D eigenvalue weighted by Gasteiger charge is 2.26. The molecule has 1 saturated carbocycles. The van der Waals surface area contributed by atoms with Gasteiger partial charge in [0, 0.05) is 31.9 Å². The molecule has 0 unspecified atom stereocenters. The second-order valence-corrected chi connectivity index (χ2v) is 4.25. The van der Waals surface area contributed by atoms with E-state index in [0.717, 1.165) is 18.5 Å². The van der Waals surface area contributed by atoms with Gasteiger partial charge in [-0.3, -0.25) is 4.68 Å². The highest BCUT2D eigenvalue weighted by Crippen LogP contribution is 2.19. The number of hydrogen-bond acceptors (Lipinski definition) is 5. The highest BCUT2D eigenvalue weighted by molar-refractivity contribution is 4.94. The summed E-state index contributed by atoms with van der Waals surface area (Å²) in [5.74, 6) is 0. The van der Waals surface area contributed by atoms with E-state index in [4.69, 9.17) is 10.2 Å². The van der Waals surface area contributed by atoms with Crippen LogP contribution in [0.3, 0.4) is 0 Å². The monoisotopic (exact) mass is 226 g/mol. The van der Waals surface area contributed by atoms with E-state index in [1.165, 1.54) is 0 Å². The molecule has 0 bridgehead atoms. The van der Waals surface area contributed by atoms with Gasteiger partial charge in [-0.2, -0.15) is 0 Å². The van der Waals surface area contributed by atoms with Gasteiger partial charge < -0.3 is 15.5 Å². The number of hydrogen-bond donors (Lipinski definition) is 3. The first-order valence-corrected chi connectivity index (χ1v) is 5.69. The summed E-state index contributed by atoms with van der Waals surface area (Å²) in [6.45, 7) is 1.57. The Kier molecular flexibility index (Phi) is 3.87. The second-order valence-electron chi connectivity index (χ2n) is 4.25. The molecule has 0 amide bonds. The Morgan fingerprint density at radius 2 is 2.31 bits per heavy atom. The number of aryl methyl sites for hydroxylation is 1. The zero-order valence-corrected chi connectivity index (χ0v) is 9.21. The lowest BCUT2D eigenvalue weighted by Crippen LogP contribution is -2.43. The normalized spacial score (nSPS) is 24.4. The van der Waals surface area contributed by atoms with Gasteiger partial charge in [-0.15, -0.1) is 5.10 Å². The Labute approximate surface area is 94.3 Å². The number of rotatable bonds is 6. The van der Waals surface area contributed by atoms with Crippen LogP contribution in [0.4, 0.5) is 0 Å². The average molecular weight is 226 g/mol. The average Bonchev–Trinajstić information content (AvgIpc) is 2.68. The van der Waals surface area contributed by atoms with E-state index in [2.05, 4.69) is 15.6 Å². The fourth-order valence-electron chi connectivity index (χ4n) is 1.76. The van der Waals surface area contributed by atoms with E-state index in [1.54, 1.807) is 4.68 Å². The summed E-state index contributed by atoms with van der Waals surface area (Å²) < 4.78 is 1.74. The minimum Gasteiger partial charge on any atom is -0.396 e. The standard InChI is InChI=1S/C10H18N4O2/c15-3-1-2-14-7-9(12-13-14)6-11-8-4-10(16)5-8/h7-8,10-11,15-16H,1-6H2. The molecule has 1 aromatic heterocycles. The van der Waals surface area contributed by atoms with E-state index in [9.17, 15) is 0 Å². The Hall–Kier alpha value is -0.980. The number of aromatic nitrogens is 3. The largest absolute Gasteiger partial charge is 0.396 e. The summed E-state index contributed by atoms with van der Waals surface area (Å²) in [5.41, 5.74) is 0.902. The van der Waals surface area contributed by atoms with Crippen LogP contribution >= 0.6 is 0 Å². The third-order valence-corrected chi connectivity index (χ3v) is 2.82. The summed E-state index contributed by atoms with van der Waals surface area (Å²) in [4.78, 5) is 0. The molecule has 0 radical (unpaired) electrons. The maximum Gasteiger partial charge on any atom is 0.0964 e. The van der Waals surface area contributed by atoms with Crippen LogP contribution in [0.1, 0.15) is 25.0 Å². The number of nitrogens with zero attached hydrogens (tertiary/aromatic N) is 3. The molecule has 2 rings (SSSR count). The molecule has 1 aromatic rings. The minimum atomic E-state index is -0.127. The highest BCUT2D eigenvalue weighted by atomic mass is 16.3. The summed E-state index contributed by atoms with van der Waals surface area (Å²) in [6, 6.07) is 0.414. The van der Waals surface area contributed by atoms with Crippen molar-refractivity contribution in [3.05, 3.63) is 11.9 Å². The fourth-order valence-corrected chi connectivity index (χ4v) is 1.76. The lowest BCUT2D eigenvalue weighted by atomic mass is 9.89. The summed E-state index contributed by atoms with van der Waals surface area (Å²) in [5, 5.41) is 29.1. The van der Waals surface area contributed by atoms with Gasteiger partial charge in [-0.05, 0) is 19.3 Å². The predicted octanol–water partition coefficient (Wildman–Crippen LogP) is -0.727. The van der Waals surface area contributed by atoms with Crippen molar-refractivity contribution in [1.82, 2.24) is 20.3 Å². The van der Waals surface area contributed by atoms with Crippen molar-refractivity contribution in [3.8, 4) is 0 Å². The smallest absolute Gasteiger partial charge is 0.0964 e. The molecule has 16 heavy (non-hydrogen) atoms. The molecule has 90 valence electrons. The van der Waals surface area contributed by atoms with Crippen LogP contribution in [-0.2, 0) is 13.1 Å².